The molecule has 0 aromatic rings. The van der Waals surface area contributed by atoms with E-state index in [-0.39, 0.29) is 0 Å². The maximum atomic E-state index is 2.29. The number of hydrogen-bond donors (Lipinski definition) is 0. The lowest BCUT2D eigenvalue weighted by molar-refractivity contribution is 0.610. The molecule has 0 atom stereocenters. The van der Waals surface area contributed by atoms with Crippen LogP contribution in [-0.4, -0.2) is 11.5 Å². The maximum Gasteiger partial charge on any atom is -0.0109 e. The summed E-state index contributed by atoms with van der Waals surface area (Å²) in [5.74, 6) is 0. The van der Waals surface area contributed by atoms with Crippen LogP contribution in [-0.2, 0) is 0 Å². The molecular weight excluding hydrogens is 163 g/mol. The lowest BCUT2D eigenvalue weighted by atomic mass is 10.0. The molecule has 0 radical (unpaired) electrons. The van der Waals surface area contributed by atoms with Crippen LogP contribution in [0.1, 0.15) is 58.3 Å². The van der Waals surface area contributed by atoms with Gasteiger partial charge >= 0.3 is 0 Å². The van der Waals surface area contributed by atoms with E-state index in [4.69, 9.17) is 0 Å². The van der Waals surface area contributed by atoms with Crippen molar-refractivity contribution in [1.29, 1.82) is 0 Å². The van der Waals surface area contributed by atoms with E-state index in [0.717, 1.165) is 0 Å². The van der Waals surface area contributed by atoms with Crippen molar-refractivity contribution < 1.29 is 0 Å². The molecule has 0 spiro atoms. The molecular formula is C11H21P. The second-order valence-corrected chi connectivity index (χ2v) is 5.11. The topological polar surface area (TPSA) is 0 Å². The van der Waals surface area contributed by atoms with Crippen molar-refractivity contribution in [1.82, 2.24) is 0 Å². The van der Waals surface area contributed by atoms with E-state index < -0.39 is 0 Å². The van der Waals surface area contributed by atoms with Crippen molar-refractivity contribution in [2.45, 2.75) is 58.3 Å². The van der Waals surface area contributed by atoms with Gasteiger partial charge in [-0.25, -0.2) is 0 Å². The SMILES string of the molecule is CCCP=C1CCCCCCC1. The Balaban J connectivity index is 2.28. The predicted molar refractivity (Wildman–Crippen MR) is 59.4 cm³/mol. The molecule has 0 unspecified atom stereocenters. The van der Waals surface area contributed by atoms with Crippen LogP contribution < -0.4 is 0 Å². The molecule has 0 amide bonds. The Morgan fingerprint density at radius 2 is 1.58 bits per heavy atom. The van der Waals surface area contributed by atoms with Gasteiger partial charge in [0.15, 0.2) is 0 Å². The van der Waals surface area contributed by atoms with Crippen LogP contribution in [0, 0.1) is 0 Å². The van der Waals surface area contributed by atoms with Gasteiger partial charge in [0.25, 0.3) is 0 Å². The van der Waals surface area contributed by atoms with Crippen molar-refractivity contribution >= 4 is 13.5 Å². The summed E-state index contributed by atoms with van der Waals surface area (Å²) < 4.78 is 0. The molecule has 0 saturated heterocycles. The fourth-order valence-corrected chi connectivity index (χ4v) is 2.91. The molecule has 0 aromatic carbocycles. The zero-order valence-electron chi connectivity index (χ0n) is 8.31. The molecule has 1 rings (SSSR count). The molecule has 1 fully saturated rings. The van der Waals surface area contributed by atoms with Gasteiger partial charge in [-0.2, -0.15) is 0 Å². The Labute approximate surface area is 78.6 Å². The van der Waals surface area contributed by atoms with E-state index in [9.17, 15) is 0 Å². The van der Waals surface area contributed by atoms with Crippen LogP contribution in [0.5, 0.6) is 0 Å². The lowest BCUT2D eigenvalue weighted by Gasteiger charge is -2.10. The molecule has 0 bridgehead atoms. The van der Waals surface area contributed by atoms with Gasteiger partial charge in [-0.3, -0.25) is 0 Å². The van der Waals surface area contributed by atoms with Crippen molar-refractivity contribution in [2.75, 3.05) is 6.16 Å². The quantitative estimate of drug-likeness (QED) is 0.562. The largest absolute Gasteiger partial charge is 0.105 e. The molecule has 70 valence electrons. The lowest BCUT2D eigenvalue weighted by Crippen LogP contribution is -1.99. The molecule has 1 aliphatic rings. The van der Waals surface area contributed by atoms with Crippen molar-refractivity contribution in [2.24, 2.45) is 0 Å². The van der Waals surface area contributed by atoms with Gasteiger partial charge in [0, 0.05) is 0 Å². The van der Waals surface area contributed by atoms with Crippen LogP contribution in [0.3, 0.4) is 0 Å². The first-order chi connectivity index (χ1) is 5.93. The van der Waals surface area contributed by atoms with E-state index >= 15 is 0 Å². The van der Waals surface area contributed by atoms with Gasteiger partial charge in [0.2, 0.25) is 0 Å². The first-order valence-corrected chi connectivity index (χ1v) is 6.53. The zero-order valence-corrected chi connectivity index (χ0v) is 9.21. The van der Waals surface area contributed by atoms with Crippen molar-refractivity contribution in [3.05, 3.63) is 0 Å². The fourth-order valence-electron chi connectivity index (χ4n) is 1.74. The molecule has 12 heavy (non-hydrogen) atoms. The summed E-state index contributed by atoms with van der Waals surface area (Å²) in [7, 11) is 1.66. The summed E-state index contributed by atoms with van der Waals surface area (Å²) in [4.78, 5) is 0. The summed E-state index contributed by atoms with van der Waals surface area (Å²) in [6.45, 7) is 2.29. The highest BCUT2D eigenvalue weighted by molar-refractivity contribution is 7.40. The predicted octanol–water partition coefficient (Wildman–Crippen LogP) is 4.26. The smallest absolute Gasteiger partial charge is 0.0109 e. The van der Waals surface area contributed by atoms with Gasteiger partial charge in [-0.05, 0) is 43.6 Å². The molecule has 0 heterocycles. The van der Waals surface area contributed by atoms with Gasteiger partial charge < -0.3 is 0 Å². The van der Waals surface area contributed by atoms with Crippen molar-refractivity contribution in [3.63, 3.8) is 0 Å². The van der Waals surface area contributed by atoms with Gasteiger partial charge in [0.05, 0.1) is 0 Å². The van der Waals surface area contributed by atoms with Crippen LogP contribution in [0.25, 0.3) is 0 Å². The Bertz CT molecular complexity index is 128. The second-order valence-electron chi connectivity index (χ2n) is 3.72. The highest BCUT2D eigenvalue weighted by atomic mass is 31.1. The van der Waals surface area contributed by atoms with E-state index in [1.54, 1.807) is 8.20 Å². The zero-order chi connectivity index (χ0) is 8.65. The molecule has 1 aliphatic carbocycles. The average molecular weight is 184 g/mol. The summed E-state index contributed by atoms with van der Waals surface area (Å²) >= 11 is 0. The summed E-state index contributed by atoms with van der Waals surface area (Å²) in [5.41, 5.74) is 0. The Kier molecular flexibility index (Phi) is 5.69. The maximum absolute atomic E-state index is 2.29. The third-order valence-corrected chi connectivity index (χ3v) is 4.05. The molecule has 0 aromatic heterocycles. The molecule has 0 N–H and O–H groups in total. The third kappa shape index (κ3) is 4.26. The summed E-state index contributed by atoms with van der Waals surface area (Å²) in [6, 6.07) is 0. The van der Waals surface area contributed by atoms with Crippen molar-refractivity contribution in [3.8, 4) is 0 Å². The molecule has 0 nitrogen and oxygen atoms in total. The minimum atomic E-state index is 1.35. The first kappa shape index (κ1) is 10.3. The second kappa shape index (κ2) is 6.66. The Morgan fingerprint density at radius 1 is 1.00 bits per heavy atom. The average Bonchev–Trinajstić information content (AvgIpc) is 2.02. The Hall–Kier alpha value is 0.170. The third-order valence-electron chi connectivity index (χ3n) is 2.49. The monoisotopic (exact) mass is 184 g/mol. The van der Waals surface area contributed by atoms with E-state index in [1.165, 1.54) is 57.5 Å². The number of hydrogen-bond acceptors (Lipinski definition) is 0. The molecule has 1 heteroatoms. The van der Waals surface area contributed by atoms with Crippen LogP contribution >= 0.6 is 8.20 Å². The molecule has 1 saturated carbocycles. The highest BCUT2D eigenvalue weighted by Gasteiger charge is 2.02. The summed E-state index contributed by atoms with van der Waals surface area (Å²) in [5, 5.41) is 1.84. The van der Waals surface area contributed by atoms with E-state index in [0.29, 0.717) is 0 Å². The Morgan fingerprint density at radius 3 is 2.17 bits per heavy atom. The minimum absolute atomic E-state index is 1.35. The summed E-state index contributed by atoms with van der Waals surface area (Å²) in [6.07, 6.45) is 13.0. The number of rotatable bonds is 2. The van der Waals surface area contributed by atoms with Crippen LogP contribution in [0.15, 0.2) is 0 Å². The van der Waals surface area contributed by atoms with E-state index in [1.807, 2.05) is 5.29 Å². The van der Waals surface area contributed by atoms with Gasteiger partial charge in [-0.1, -0.05) is 26.2 Å². The normalized spacial score (nSPS) is 20.6. The van der Waals surface area contributed by atoms with Gasteiger partial charge in [0.1, 0.15) is 0 Å². The molecule has 0 aliphatic heterocycles. The highest BCUT2D eigenvalue weighted by Crippen LogP contribution is 2.19. The first-order valence-electron chi connectivity index (χ1n) is 5.45. The standard InChI is InChI=1S/C11H21P/c1-2-10-12-11-8-6-4-3-5-7-9-11/h2-10H2,1H3. The van der Waals surface area contributed by atoms with Crippen LogP contribution in [0.2, 0.25) is 0 Å². The minimum Gasteiger partial charge on any atom is -0.105 e. The van der Waals surface area contributed by atoms with E-state index in [2.05, 4.69) is 6.92 Å². The van der Waals surface area contributed by atoms with Crippen LogP contribution in [0.4, 0.5) is 0 Å². The van der Waals surface area contributed by atoms with Gasteiger partial charge in [-0.15, -0.1) is 8.20 Å². The fraction of sp³-hybridized carbons (Fsp3) is 0.909.